The number of halogens is 1. The molecular weight excluding hydrogens is 412 g/mol. The van der Waals surface area contributed by atoms with Crippen LogP contribution in [0.4, 0.5) is 0 Å². The molecule has 1 aromatic heterocycles. The van der Waals surface area contributed by atoms with Crippen molar-refractivity contribution in [1.29, 1.82) is 0 Å². The molecule has 3 aromatic rings. The summed E-state index contributed by atoms with van der Waals surface area (Å²) in [5.41, 5.74) is 1.81. The predicted molar refractivity (Wildman–Crippen MR) is 111 cm³/mol. The van der Waals surface area contributed by atoms with Crippen molar-refractivity contribution in [3.8, 4) is 5.69 Å². The zero-order valence-electron chi connectivity index (χ0n) is 15.8. The number of rotatable bonds is 8. The Labute approximate surface area is 175 Å². The third kappa shape index (κ3) is 5.66. The first-order chi connectivity index (χ1) is 13.8. The van der Waals surface area contributed by atoms with Crippen molar-refractivity contribution in [3.05, 3.63) is 77.6 Å². The quantitative estimate of drug-likeness (QED) is 0.593. The van der Waals surface area contributed by atoms with E-state index in [1.165, 1.54) is 12.1 Å². The number of amides is 1. The fourth-order valence-corrected chi connectivity index (χ4v) is 4.06. The van der Waals surface area contributed by atoms with Gasteiger partial charge in [0.05, 0.1) is 16.8 Å². The third-order valence-electron chi connectivity index (χ3n) is 4.24. The highest BCUT2D eigenvalue weighted by molar-refractivity contribution is 7.89. The predicted octanol–water partition coefficient (Wildman–Crippen LogP) is 2.85. The summed E-state index contributed by atoms with van der Waals surface area (Å²) >= 11 is 5.83. The van der Waals surface area contributed by atoms with Gasteiger partial charge in [-0.05, 0) is 30.3 Å². The van der Waals surface area contributed by atoms with Gasteiger partial charge in [-0.2, -0.15) is 5.10 Å². The van der Waals surface area contributed by atoms with Crippen molar-refractivity contribution in [3.63, 3.8) is 0 Å². The van der Waals surface area contributed by atoms with Gasteiger partial charge in [-0.15, -0.1) is 0 Å². The van der Waals surface area contributed by atoms with Crippen LogP contribution in [-0.2, 0) is 21.4 Å². The fraction of sp³-hybridized carbons (Fsp3) is 0.200. The molecule has 29 heavy (non-hydrogen) atoms. The van der Waals surface area contributed by atoms with Gasteiger partial charge in [0.1, 0.15) is 0 Å². The lowest BCUT2D eigenvalue weighted by Crippen LogP contribution is -2.31. The average molecular weight is 433 g/mol. The molecule has 0 aliphatic rings. The summed E-state index contributed by atoms with van der Waals surface area (Å²) in [6.07, 6.45) is 3.61. The van der Waals surface area contributed by atoms with Crippen molar-refractivity contribution in [1.82, 2.24) is 19.4 Å². The van der Waals surface area contributed by atoms with Crippen molar-refractivity contribution < 1.29 is 13.2 Å². The van der Waals surface area contributed by atoms with Crippen LogP contribution in [0.25, 0.3) is 5.69 Å². The highest BCUT2D eigenvalue weighted by Gasteiger charge is 2.16. The SMILES string of the molecule is CN(Cc1cnn(-c2ccccc2)c1)C(=O)CCNS(=O)(=O)c1cccc(Cl)c1. The van der Waals surface area contributed by atoms with E-state index in [0.717, 1.165) is 11.3 Å². The Morgan fingerprint density at radius 2 is 1.93 bits per heavy atom. The van der Waals surface area contributed by atoms with Gasteiger partial charge in [0.2, 0.25) is 15.9 Å². The van der Waals surface area contributed by atoms with Crippen LogP contribution in [0.3, 0.4) is 0 Å². The molecule has 0 atom stereocenters. The van der Waals surface area contributed by atoms with Gasteiger partial charge in [-0.25, -0.2) is 17.8 Å². The largest absolute Gasteiger partial charge is 0.341 e. The molecule has 0 saturated heterocycles. The molecular formula is C20H21ClN4O3S. The Bertz CT molecular complexity index is 1080. The topological polar surface area (TPSA) is 84.3 Å². The standard InChI is InChI=1S/C20H21ClN4O3S/c1-24(14-16-13-22-25(15-16)18-7-3-2-4-8-18)20(26)10-11-23-29(27,28)19-9-5-6-17(21)12-19/h2-9,12-13,15,23H,10-11,14H2,1H3. The maximum absolute atomic E-state index is 12.3. The summed E-state index contributed by atoms with van der Waals surface area (Å²) in [6.45, 7) is 0.383. The molecule has 1 N–H and O–H groups in total. The van der Waals surface area contributed by atoms with Gasteiger partial charge in [0.25, 0.3) is 0 Å². The molecule has 0 saturated carbocycles. The minimum absolute atomic E-state index is 0.00129. The second-order valence-electron chi connectivity index (χ2n) is 6.48. The minimum Gasteiger partial charge on any atom is -0.341 e. The Hall–Kier alpha value is -2.68. The number of aromatic nitrogens is 2. The Morgan fingerprint density at radius 3 is 2.66 bits per heavy atom. The van der Waals surface area contributed by atoms with Crippen LogP contribution in [0.1, 0.15) is 12.0 Å². The van der Waals surface area contributed by atoms with E-state index >= 15 is 0 Å². The van der Waals surface area contributed by atoms with Crippen LogP contribution in [0.5, 0.6) is 0 Å². The van der Waals surface area contributed by atoms with E-state index < -0.39 is 10.0 Å². The van der Waals surface area contributed by atoms with E-state index in [2.05, 4.69) is 9.82 Å². The summed E-state index contributed by atoms with van der Waals surface area (Å²) in [4.78, 5) is 14.0. The smallest absolute Gasteiger partial charge is 0.240 e. The molecule has 0 bridgehead atoms. The summed E-state index contributed by atoms with van der Waals surface area (Å²) in [5.74, 6) is -0.175. The zero-order chi connectivity index (χ0) is 20.9. The number of sulfonamides is 1. The number of benzene rings is 2. The molecule has 3 rings (SSSR count). The van der Waals surface area contributed by atoms with Gasteiger partial charge in [0, 0.05) is 43.3 Å². The van der Waals surface area contributed by atoms with Crippen molar-refractivity contribution in [2.24, 2.45) is 0 Å². The van der Waals surface area contributed by atoms with Crippen LogP contribution in [0.2, 0.25) is 5.02 Å². The lowest BCUT2D eigenvalue weighted by atomic mass is 10.3. The molecule has 1 amide bonds. The molecule has 7 nitrogen and oxygen atoms in total. The summed E-state index contributed by atoms with van der Waals surface area (Å²) in [7, 11) is -2.03. The van der Waals surface area contributed by atoms with Crippen LogP contribution >= 0.6 is 11.6 Å². The molecule has 2 aromatic carbocycles. The maximum Gasteiger partial charge on any atom is 0.240 e. The van der Waals surface area contributed by atoms with Gasteiger partial charge in [-0.3, -0.25) is 4.79 Å². The van der Waals surface area contributed by atoms with E-state index in [1.807, 2.05) is 36.5 Å². The second-order valence-corrected chi connectivity index (χ2v) is 8.69. The lowest BCUT2D eigenvalue weighted by molar-refractivity contribution is -0.130. The van der Waals surface area contributed by atoms with Gasteiger partial charge in [0.15, 0.2) is 0 Å². The monoisotopic (exact) mass is 432 g/mol. The van der Waals surface area contributed by atoms with Gasteiger partial charge in [-0.1, -0.05) is 35.9 Å². The maximum atomic E-state index is 12.3. The lowest BCUT2D eigenvalue weighted by Gasteiger charge is -2.16. The summed E-state index contributed by atoms with van der Waals surface area (Å²) in [5, 5.41) is 4.64. The number of hydrogen-bond donors (Lipinski definition) is 1. The Kier molecular flexibility index (Phi) is 6.68. The second kappa shape index (κ2) is 9.21. The normalized spacial score (nSPS) is 11.4. The number of hydrogen-bond acceptors (Lipinski definition) is 4. The molecule has 0 radical (unpaired) electrons. The highest BCUT2D eigenvalue weighted by Crippen LogP contribution is 2.15. The van der Waals surface area contributed by atoms with Crippen LogP contribution < -0.4 is 4.72 Å². The zero-order valence-corrected chi connectivity index (χ0v) is 17.4. The number of nitrogens with one attached hydrogen (secondary N) is 1. The minimum atomic E-state index is -3.71. The molecule has 0 spiro atoms. The summed E-state index contributed by atoms with van der Waals surface area (Å²) < 4.78 is 28.7. The van der Waals surface area contributed by atoms with Crippen molar-refractivity contribution in [2.45, 2.75) is 17.9 Å². The molecule has 1 heterocycles. The highest BCUT2D eigenvalue weighted by atomic mass is 35.5. The van der Waals surface area contributed by atoms with E-state index in [4.69, 9.17) is 11.6 Å². The van der Waals surface area contributed by atoms with E-state index in [1.54, 1.807) is 35.0 Å². The first-order valence-electron chi connectivity index (χ1n) is 8.93. The van der Waals surface area contributed by atoms with E-state index in [9.17, 15) is 13.2 Å². The Morgan fingerprint density at radius 1 is 1.17 bits per heavy atom. The first-order valence-corrected chi connectivity index (χ1v) is 10.8. The van der Waals surface area contributed by atoms with Crippen molar-refractivity contribution in [2.75, 3.05) is 13.6 Å². The van der Waals surface area contributed by atoms with Gasteiger partial charge < -0.3 is 4.90 Å². The number of carbonyl (C=O) groups is 1. The molecule has 0 aliphatic heterocycles. The van der Waals surface area contributed by atoms with E-state index in [-0.39, 0.29) is 23.8 Å². The van der Waals surface area contributed by atoms with Gasteiger partial charge >= 0.3 is 0 Å². The molecule has 0 aliphatic carbocycles. The Balaban J connectivity index is 1.51. The number of carbonyl (C=O) groups excluding carboxylic acids is 1. The third-order valence-corrected chi connectivity index (χ3v) is 5.93. The van der Waals surface area contributed by atoms with E-state index in [0.29, 0.717) is 11.6 Å². The average Bonchev–Trinajstić information content (AvgIpc) is 3.17. The molecule has 0 unspecified atom stereocenters. The van der Waals surface area contributed by atoms with Crippen LogP contribution in [-0.4, -0.2) is 42.6 Å². The first kappa shape index (κ1) is 21.0. The fourth-order valence-electron chi connectivity index (χ4n) is 2.73. The number of nitrogens with zero attached hydrogens (tertiary/aromatic N) is 3. The molecule has 152 valence electrons. The van der Waals surface area contributed by atoms with Crippen LogP contribution in [0, 0.1) is 0 Å². The number of para-hydroxylation sites is 1. The summed E-state index contributed by atoms with van der Waals surface area (Å²) in [6, 6.07) is 15.6. The van der Waals surface area contributed by atoms with Crippen molar-refractivity contribution >= 4 is 27.5 Å². The van der Waals surface area contributed by atoms with Crippen LogP contribution in [0.15, 0.2) is 71.9 Å². The molecule has 9 heteroatoms. The molecule has 0 fully saturated rings.